The van der Waals surface area contributed by atoms with E-state index in [1.165, 1.54) is 25.7 Å². The molecular weight excluding hydrogens is 146 g/mol. The molecule has 1 N–H and O–H groups in total. The van der Waals surface area contributed by atoms with E-state index >= 15 is 0 Å². The lowest BCUT2D eigenvalue weighted by Gasteiger charge is -2.09. The van der Waals surface area contributed by atoms with E-state index in [-0.39, 0.29) is 12.4 Å². The average Bonchev–Trinajstić information content (AvgIpc) is 2.34. The van der Waals surface area contributed by atoms with Crippen molar-refractivity contribution in [3.05, 3.63) is 0 Å². The lowest BCUT2D eigenvalue weighted by Crippen LogP contribution is -2.27. The van der Waals surface area contributed by atoms with Crippen LogP contribution in [-0.4, -0.2) is 12.1 Å². The Morgan fingerprint density at radius 2 is 1.50 bits per heavy atom. The summed E-state index contributed by atoms with van der Waals surface area (Å²) in [6.07, 6.45) is 5.40. The molecule has 0 amide bonds. The number of halogens is 1. The smallest absolute Gasteiger partial charge is 0.00676 e. The first-order valence-electron chi connectivity index (χ1n) is 4.12. The van der Waals surface area contributed by atoms with Gasteiger partial charge in [-0.1, -0.05) is 13.8 Å². The second-order valence-electron chi connectivity index (χ2n) is 2.95. The van der Waals surface area contributed by atoms with Crippen LogP contribution in [0.3, 0.4) is 0 Å². The monoisotopic (exact) mass is 163 g/mol. The van der Waals surface area contributed by atoms with Crippen molar-refractivity contribution in [2.24, 2.45) is 0 Å². The predicted molar refractivity (Wildman–Crippen MR) is 47.8 cm³/mol. The van der Waals surface area contributed by atoms with Crippen molar-refractivity contribution >= 4 is 12.4 Å². The molecule has 0 aromatic rings. The summed E-state index contributed by atoms with van der Waals surface area (Å²) in [5.74, 6) is 0. The van der Waals surface area contributed by atoms with Gasteiger partial charge in [0.25, 0.3) is 0 Å². The molecule has 2 heteroatoms. The highest BCUT2D eigenvalue weighted by atomic mass is 35.5. The zero-order valence-corrected chi connectivity index (χ0v) is 7.71. The summed E-state index contributed by atoms with van der Waals surface area (Å²) < 4.78 is 0. The summed E-state index contributed by atoms with van der Waals surface area (Å²) in [7, 11) is 0. The van der Waals surface area contributed by atoms with Gasteiger partial charge in [-0.15, -0.1) is 12.4 Å². The lowest BCUT2D eigenvalue weighted by atomic mass is 10.1. The quantitative estimate of drug-likeness (QED) is 0.659. The van der Waals surface area contributed by atoms with Crippen molar-refractivity contribution in [3.8, 4) is 0 Å². The average molecular weight is 164 g/mol. The Balaban J connectivity index is 0.000000810. The Bertz CT molecular complexity index is 75.3. The molecule has 0 aromatic heterocycles. The molecule has 0 spiro atoms. The minimum absolute atomic E-state index is 0. The van der Waals surface area contributed by atoms with E-state index in [1.807, 2.05) is 0 Å². The van der Waals surface area contributed by atoms with Crippen molar-refractivity contribution in [2.45, 2.75) is 51.6 Å². The van der Waals surface area contributed by atoms with Crippen LogP contribution in [0.4, 0.5) is 0 Å². The van der Waals surface area contributed by atoms with E-state index in [9.17, 15) is 0 Å². The molecule has 1 aliphatic heterocycles. The summed E-state index contributed by atoms with van der Waals surface area (Å²) >= 11 is 0. The number of hydrogen-bond acceptors (Lipinski definition) is 1. The largest absolute Gasteiger partial charge is 0.311 e. The van der Waals surface area contributed by atoms with Gasteiger partial charge in [0.05, 0.1) is 0 Å². The fraction of sp³-hybridized carbons (Fsp3) is 1.00. The zero-order valence-electron chi connectivity index (χ0n) is 6.89. The van der Waals surface area contributed by atoms with Crippen LogP contribution in [0.15, 0.2) is 0 Å². The van der Waals surface area contributed by atoms with Crippen LogP contribution in [0.1, 0.15) is 39.5 Å². The third-order valence-corrected chi connectivity index (χ3v) is 2.32. The lowest BCUT2D eigenvalue weighted by molar-refractivity contribution is 0.517. The molecule has 1 heterocycles. The van der Waals surface area contributed by atoms with Gasteiger partial charge in [-0.05, 0) is 25.7 Å². The minimum Gasteiger partial charge on any atom is -0.311 e. The van der Waals surface area contributed by atoms with Crippen molar-refractivity contribution < 1.29 is 0 Å². The molecular formula is C8H18ClN. The highest BCUT2D eigenvalue weighted by Crippen LogP contribution is 2.16. The van der Waals surface area contributed by atoms with Crippen LogP contribution in [0.25, 0.3) is 0 Å². The van der Waals surface area contributed by atoms with Gasteiger partial charge in [0, 0.05) is 12.1 Å². The fourth-order valence-corrected chi connectivity index (χ4v) is 1.55. The SMILES string of the molecule is CC[C@@H]1CC[C@@H](CC)N1.Cl. The number of nitrogens with one attached hydrogen (secondary N) is 1. The van der Waals surface area contributed by atoms with Gasteiger partial charge in [0.15, 0.2) is 0 Å². The highest BCUT2D eigenvalue weighted by molar-refractivity contribution is 5.85. The maximum atomic E-state index is 3.59. The maximum absolute atomic E-state index is 3.59. The molecule has 1 rings (SSSR count). The second kappa shape index (κ2) is 4.97. The summed E-state index contributed by atoms with van der Waals surface area (Å²) in [4.78, 5) is 0. The Morgan fingerprint density at radius 3 is 1.70 bits per heavy atom. The Hall–Kier alpha value is 0.250. The van der Waals surface area contributed by atoms with Gasteiger partial charge in [0.1, 0.15) is 0 Å². The van der Waals surface area contributed by atoms with E-state index in [0.29, 0.717) is 0 Å². The molecule has 1 nitrogen and oxygen atoms in total. The zero-order chi connectivity index (χ0) is 6.69. The molecule has 0 saturated carbocycles. The summed E-state index contributed by atoms with van der Waals surface area (Å²) in [5.41, 5.74) is 0. The van der Waals surface area contributed by atoms with Gasteiger partial charge in [-0.2, -0.15) is 0 Å². The van der Waals surface area contributed by atoms with Crippen LogP contribution in [0, 0.1) is 0 Å². The summed E-state index contributed by atoms with van der Waals surface area (Å²) in [5, 5.41) is 3.59. The van der Waals surface area contributed by atoms with E-state index in [2.05, 4.69) is 19.2 Å². The molecule has 1 saturated heterocycles. The number of hydrogen-bond donors (Lipinski definition) is 1. The molecule has 1 aliphatic rings. The summed E-state index contributed by atoms with van der Waals surface area (Å²) in [6, 6.07) is 1.66. The van der Waals surface area contributed by atoms with Crippen LogP contribution in [0.2, 0.25) is 0 Å². The van der Waals surface area contributed by atoms with Crippen molar-refractivity contribution in [1.29, 1.82) is 0 Å². The summed E-state index contributed by atoms with van der Waals surface area (Å²) in [6.45, 7) is 4.52. The third kappa shape index (κ3) is 2.47. The molecule has 0 unspecified atom stereocenters. The maximum Gasteiger partial charge on any atom is 0.00676 e. The molecule has 2 atom stereocenters. The third-order valence-electron chi connectivity index (χ3n) is 2.32. The number of rotatable bonds is 2. The first kappa shape index (κ1) is 10.2. The van der Waals surface area contributed by atoms with Crippen molar-refractivity contribution in [2.75, 3.05) is 0 Å². The van der Waals surface area contributed by atoms with E-state index in [4.69, 9.17) is 0 Å². The fourth-order valence-electron chi connectivity index (χ4n) is 1.55. The van der Waals surface area contributed by atoms with Gasteiger partial charge in [-0.3, -0.25) is 0 Å². The van der Waals surface area contributed by atoms with E-state index < -0.39 is 0 Å². The molecule has 10 heavy (non-hydrogen) atoms. The molecule has 0 bridgehead atoms. The molecule has 0 radical (unpaired) electrons. The van der Waals surface area contributed by atoms with Gasteiger partial charge in [0.2, 0.25) is 0 Å². The predicted octanol–water partition coefficient (Wildman–Crippen LogP) is 2.35. The molecule has 62 valence electrons. The Kier molecular flexibility index (Phi) is 5.10. The topological polar surface area (TPSA) is 12.0 Å². The first-order valence-corrected chi connectivity index (χ1v) is 4.12. The van der Waals surface area contributed by atoms with E-state index in [1.54, 1.807) is 0 Å². The normalized spacial score (nSPS) is 31.8. The van der Waals surface area contributed by atoms with Gasteiger partial charge in [-0.25, -0.2) is 0 Å². The molecule has 1 fully saturated rings. The molecule has 0 aliphatic carbocycles. The van der Waals surface area contributed by atoms with E-state index in [0.717, 1.165) is 12.1 Å². The van der Waals surface area contributed by atoms with Crippen LogP contribution >= 0.6 is 12.4 Å². The van der Waals surface area contributed by atoms with Crippen LogP contribution in [-0.2, 0) is 0 Å². The van der Waals surface area contributed by atoms with Gasteiger partial charge < -0.3 is 5.32 Å². The van der Waals surface area contributed by atoms with Gasteiger partial charge >= 0.3 is 0 Å². The minimum atomic E-state index is 0. The standard InChI is InChI=1S/C8H17N.ClH/c1-3-7-5-6-8(4-2)9-7;/h7-9H,3-6H2,1-2H3;1H/t7-,8-;/m1./s1. The highest BCUT2D eigenvalue weighted by Gasteiger charge is 2.19. The Labute approximate surface area is 70.0 Å². The molecule has 0 aromatic carbocycles. The first-order chi connectivity index (χ1) is 4.36. The Morgan fingerprint density at radius 1 is 1.10 bits per heavy atom. The van der Waals surface area contributed by atoms with Crippen LogP contribution < -0.4 is 5.32 Å². The van der Waals surface area contributed by atoms with Crippen LogP contribution in [0.5, 0.6) is 0 Å². The second-order valence-corrected chi connectivity index (χ2v) is 2.95. The van der Waals surface area contributed by atoms with Crippen molar-refractivity contribution in [3.63, 3.8) is 0 Å². The van der Waals surface area contributed by atoms with Crippen molar-refractivity contribution in [1.82, 2.24) is 5.32 Å².